The first-order chi connectivity index (χ1) is 17.7. The zero-order valence-electron chi connectivity index (χ0n) is 22.0. The first kappa shape index (κ1) is 25.7. The van der Waals surface area contributed by atoms with E-state index in [4.69, 9.17) is 0 Å². The maximum absolute atomic E-state index is 12.6. The van der Waals surface area contributed by atoms with Crippen molar-refractivity contribution in [2.45, 2.75) is 101 Å². The topological polar surface area (TPSA) is 35.6 Å². The van der Waals surface area contributed by atoms with Gasteiger partial charge in [-0.05, 0) is 92.3 Å². The van der Waals surface area contributed by atoms with Gasteiger partial charge in [0.2, 0.25) is 5.91 Å². The summed E-state index contributed by atoms with van der Waals surface area (Å²) in [6.07, 6.45) is 14.6. The molecular formula is C31H43N3OS. The molecule has 194 valence electrons. The highest BCUT2D eigenvalue weighted by atomic mass is 32.2. The first-order valence-corrected chi connectivity index (χ1v) is 15.2. The minimum Gasteiger partial charge on any atom is -0.372 e. The van der Waals surface area contributed by atoms with Gasteiger partial charge in [0.1, 0.15) is 0 Å². The Morgan fingerprint density at radius 3 is 2.64 bits per heavy atom. The van der Waals surface area contributed by atoms with E-state index in [1.165, 1.54) is 92.5 Å². The van der Waals surface area contributed by atoms with Crippen molar-refractivity contribution < 1.29 is 4.79 Å². The van der Waals surface area contributed by atoms with Crippen LogP contribution in [0.2, 0.25) is 0 Å². The molecule has 5 rings (SSSR count). The van der Waals surface area contributed by atoms with Crippen LogP contribution in [0.5, 0.6) is 0 Å². The number of rotatable bonds is 10. The summed E-state index contributed by atoms with van der Waals surface area (Å²) in [6, 6.07) is 16.2. The number of nitrogens with zero attached hydrogens (tertiary/aromatic N) is 2. The normalized spacial score (nSPS) is 18.7. The summed E-state index contributed by atoms with van der Waals surface area (Å²) in [6.45, 7) is 5.49. The molecule has 0 atom stereocenters. The number of carbonyl (C=O) groups is 1. The van der Waals surface area contributed by atoms with Gasteiger partial charge in [0, 0.05) is 48.4 Å². The quantitative estimate of drug-likeness (QED) is 0.334. The molecular weight excluding hydrogens is 462 g/mol. The fraction of sp³-hybridized carbons (Fsp3) is 0.581. The van der Waals surface area contributed by atoms with Gasteiger partial charge in [-0.3, -0.25) is 4.79 Å². The van der Waals surface area contributed by atoms with Crippen molar-refractivity contribution in [1.82, 2.24) is 4.31 Å². The van der Waals surface area contributed by atoms with Gasteiger partial charge in [0.25, 0.3) is 0 Å². The van der Waals surface area contributed by atoms with Crippen LogP contribution in [0.25, 0.3) is 0 Å². The van der Waals surface area contributed by atoms with E-state index < -0.39 is 0 Å². The molecule has 2 saturated carbocycles. The molecule has 5 heteroatoms. The predicted molar refractivity (Wildman–Crippen MR) is 153 cm³/mol. The summed E-state index contributed by atoms with van der Waals surface area (Å²) >= 11 is 1.87. The molecule has 1 N–H and O–H groups in total. The highest BCUT2D eigenvalue weighted by Crippen LogP contribution is 2.36. The van der Waals surface area contributed by atoms with Crippen molar-refractivity contribution >= 4 is 29.2 Å². The molecule has 3 aliphatic rings. The van der Waals surface area contributed by atoms with Gasteiger partial charge in [0.05, 0.1) is 0 Å². The van der Waals surface area contributed by atoms with E-state index in [9.17, 15) is 4.79 Å². The van der Waals surface area contributed by atoms with Gasteiger partial charge >= 0.3 is 0 Å². The zero-order chi connectivity index (χ0) is 24.7. The molecule has 2 aromatic rings. The van der Waals surface area contributed by atoms with Crippen LogP contribution in [0.1, 0.15) is 88.7 Å². The van der Waals surface area contributed by atoms with Gasteiger partial charge in [-0.15, -0.1) is 0 Å². The van der Waals surface area contributed by atoms with Gasteiger partial charge in [-0.25, -0.2) is 4.31 Å². The Morgan fingerprint density at radius 1 is 1.03 bits per heavy atom. The van der Waals surface area contributed by atoms with E-state index >= 15 is 0 Å². The van der Waals surface area contributed by atoms with Crippen LogP contribution in [0.15, 0.2) is 47.4 Å². The molecule has 1 aliphatic heterocycles. The second kappa shape index (κ2) is 12.5. The van der Waals surface area contributed by atoms with Crippen LogP contribution in [0.4, 0.5) is 11.4 Å². The summed E-state index contributed by atoms with van der Waals surface area (Å²) in [7, 11) is 0. The summed E-state index contributed by atoms with van der Waals surface area (Å²) in [4.78, 5) is 16.3. The lowest BCUT2D eigenvalue weighted by molar-refractivity contribution is -0.116. The molecule has 2 fully saturated rings. The van der Waals surface area contributed by atoms with Gasteiger partial charge in [-0.1, -0.05) is 56.7 Å². The molecule has 0 saturated heterocycles. The molecule has 1 amide bonds. The Labute approximate surface area is 222 Å². The van der Waals surface area contributed by atoms with Crippen LogP contribution in [-0.2, 0) is 17.8 Å². The van der Waals surface area contributed by atoms with E-state index in [0.717, 1.165) is 31.1 Å². The van der Waals surface area contributed by atoms with Crippen molar-refractivity contribution in [2.75, 3.05) is 23.3 Å². The van der Waals surface area contributed by atoms with E-state index in [0.29, 0.717) is 12.5 Å². The molecule has 0 aromatic heterocycles. The lowest BCUT2D eigenvalue weighted by Crippen LogP contribution is -2.29. The molecule has 2 aromatic carbocycles. The Hall–Kier alpha value is -1.98. The van der Waals surface area contributed by atoms with E-state index in [-0.39, 0.29) is 5.91 Å². The molecule has 4 nitrogen and oxygen atoms in total. The van der Waals surface area contributed by atoms with E-state index in [1.807, 2.05) is 18.0 Å². The van der Waals surface area contributed by atoms with Crippen LogP contribution in [0.3, 0.4) is 0 Å². The van der Waals surface area contributed by atoms with Crippen molar-refractivity contribution in [3.8, 4) is 0 Å². The molecule has 0 spiro atoms. The number of nitrogens with one attached hydrogen (secondary N) is 1. The Kier molecular flexibility index (Phi) is 8.92. The van der Waals surface area contributed by atoms with Crippen LogP contribution >= 0.6 is 11.9 Å². The average Bonchev–Trinajstić information content (AvgIpc) is 3.62. The second-order valence-electron chi connectivity index (χ2n) is 11.0. The average molecular weight is 506 g/mol. The van der Waals surface area contributed by atoms with Crippen LogP contribution in [-0.4, -0.2) is 29.3 Å². The SMILES string of the molecule is CCN1CCCc2cc(CN(Sc3cccc(NC(=O)CCC4CCCC4)c3)C3CCCC3)ccc21. The molecule has 36 heavy (non-hydrogen) atoms. The van der Waals surface area contributed by atoms with E-state index in [1.54, 1.807) is 0 Å². The maximum atomic E-state index is 12.6. The second-order valence-corrected chi connectivity index (χ2v) is 12.1. The lowest BCUT2D eigenvalue weighted by atomic mass is 9.99. The fourth-order valence-electron chi connectivity index (χ4n) is 6.39. The number of amides is 1. The summed E-state index contributed by atoms with van der Waals surface area (Å²) in [5, 5.41) is 3.17. The minimum absolute atomic E-state index is 0.159. The summed E-state index contributed by atoms with van der Waals surface area (Å²) in [5.74, 6) is 0.915. The minimum atomic E-state index is 0.159. The number of benzene rings is 2. The number of hydrogen-bond donors (Lipinski definition) is 1. The third kappa shape index (κ3) is 6.66. The number of aryl methyl sites for hydroxylation is 1. The third-order valence-corrected chi connectivity index (χ3v) is 9.53. The van der Waals surface area contributed by atoms with Crippen molar-refractivity contribution in [2.24, 2.45) is 5.92 Å². The summed E-state index contributed by atoms with van der Waals surface area (Å²) < 4.78 is 2.61. The maximum Gasteiger partial charge on any atom is 0.224 e. The van der Waals surface area contributed by atoms with Crippen LogP contribution < -0.4 is 10.2 Å². The number of carbonyl (C=O) groups excluding carboxylic acids is 1. The van der Waals surface area contributed by atoms with Crippen molar-refractivity contribution in [3.63, 3.8) is 0 Å². The molecule has 2 aliphatic carbocycles. The highest BCUT2D eigenvalue weighted by molar-refractivity contribution is 7.97. The number of anilines is 2. The molecule has 0 unspecified atom stereocenters. The number of hydrogen-bond acceptors (Lipinski definition) is 4. The third-order valence-electron chi connectivity index (χ3n) is 8.41. The zero-order valence-corrected chi connectivity index (χ0v) is 22.8. The van der Waals surface area contributed by atoms with Gasteiger partial charge < -0.3 is 10.2 Å². The van der Waals surface area contributed by atoms with Crippen LogP contribution in [0, 0.1) is 5.92 Å². The Morgan fingerprint density at radius 2 is 1.83 bits per heavy atom. The lowest BCUT2D eigenvalue weighted by Gasteiger charge is -2.32. The first-order valence-electron chi connectivity index (χ1n) is 14.4. The molecule has 1 heterocycles. The monoisotopic (exact) mass is 505 g/mol. The summed E-state index contributed by atoms with van der Waals surface area (Å²) in [5.41, 5.74) is 5.29. The highest BCUT2D eigenvalue weighted by Gasteiger charge is 2.25. The smallest absolute Gasteiger partial charge is 0.224 e. The van der Waals surface area contributed by atoms with Gasteiger partial charge in [-0.2, -0.15) is 0 Å². The fourth-order valence-corrected chi connectivity index (χ4v) is 7.55. The van der Waals surface area contributed by atoms with Crippen molar-refractivity contribution in [3.05, 3.63) is 53.6 Å². The standard InChI is InChI=1S/C31H43N3OS/c1-2-33-20-8-11-26-21-25(16-18-30(26)33)23-34(28-13-5-6-14-28)36-29-15-7-12-27(22-29)32-31(35)19-17-24-9-3-4-10-24/h7,12,15-16,18,21-22,24,28H,2-6,8-11,13-14,17,19-20,23H2,1H3,(H,32,35). The molecule has 0 bridgehead atoms. The predicted octanol–water partition coefficient (Wildman–Crippen LogP) is 7.82. The Balaban J connectivity index is 1.24. The Bertz CT molecular complexity index is 1010. The van der Waals surface area contributed by atoms with Gasteiger partial charge in [0.15, 0.2) is 0 Å². The van der Waals surface area contributed by atoms with Crippen molar-refractivity contribution in [1.29, 1.82) is 0 Å². The largest absolute Gasteiger partial charge is 0.372 e. The number of fused-ring (bicyclic) bond motifs is 1. The van der Waals surface area contributed by atoms with E-state index in [2.05, 4.69) is 57.8 Å². The molecule has 0 radical (unpaired) electrons.